The zero-order chi connectivity index (χ0) is 26.1. The number of hydrogen-bond acceptors (Lipinski definition) is 5. The van der Waals surface area contributed by atoms with E-state index in [9.17, 15) is 14.4 Å². The minimum absolute atomic E-state index is 0.141. The van der Waals surface area contributed by atoms with Gasteiger partial charge < -0.3 is 4.98 Å². The summed E-state index contributed by atoms with van der Waals surface area (Å²) in [5.74, 6) is 0.897. The van der Waals surface area contributed by atoms with Crippen LogP contribution in [-0.2, 0) is 13.1 Å². The Kier molecular flexibility index (Phi) is 7.10. The molecule has 5 rings (SSSR count). The molecule has 0 atom stereocenters. The number of pyridine rings is 2. The van der Waals surface area contributed by atoms with Gasteiger partial charge in [-0.15, -0.1) is 0 Å². The number of carbonyl (C=O) groups excluding carboxylic acids is 1. The van der Waals surface area contributed by atoms with E-state index in [1.807, 2.05) is 32.0 Å². The maximum atomic E-state index is 13.3. The number of aromatic amines is 1. The standard InChI is InChI=1S/C27H29BrN6O3/c1-3-11-32-21-13-20(31-24(21)26(36)33(12-4-2)27(32)37)18-8-10-23(30-14-18)34(16-17-5-6-17)25(35)19-7-9-22(28)29-15-19/h7-10,13-15,17,31H,3-6,11-12,16H2,1-2H3. The fraction of sp³-hybridized carbons (Fsp3) is 0.370. The average molecular weight is 565 g/mol. The number of nitrogens with one attached hydrogen (secondary N) is 1. The predicted octanol–water partition coefficient (Wildman–Crippen LogP) is 4.59. The van der Waals surface area contributed by atoms with Crippen molar-refractivity contribution in [3.8, 4) is 11.3 Å². The van der Waals surface area contributed by atoms with Gasteiger partial charge in [0.2, 0.25) is 0 Å². The zero-order valence-electron chi connectivity index (χ0n) is 20.9. The summed E-state index contributed by atoms with van der Waals surface area (Å²) in [6.07, 6.45) is 6.92. The van der Waals surface area contributed by atoms with E-state index in [1.54, 1.807) is 34.0 Å². The summed E-state index contributed by atoms with van der Waals surface area (Å²) in [5.41, 5.74) is 2.38. The normalized spacial score (nSPS) is 13.3. The molecule has 0 aromatic carbocycles. The minimum Gasteiger partial charge on any atom is -0.349 e. The van der Waals surface area contributed by atoms with E-state index < -0.39 is 0 Å². The molecule has 0 bridgehead atoms. The molecule has 1 aliphatic carbocycles. The number of H-pyrrole nitrogens is 1. The number of hydrogen-bond donors (Lipinski definition) is 1. The Bertz CT molecular complexity index is 1550. The van der Waals surface area contributed by atoms with E-state index in [2.05, 4.69) is 30.9 Å². The third kappa shape index (κ3) is 5.02. The molecule has 4 heterocycles. The Morgan fingerprint density at radius 1 is 1.05 bits per heavy atom. The van der Waals surface area contributed by atoms with Gasteiger partial charge in [0.1, 0.15) is 15.9 Å². The molecule has 37 heavy (non-hydrogen) atoms. The van der Waals surface area contributed by atoms with E-state index in [-0.39, 0.29) is 17.2 Å². The monoisotopic (exact) mass is 564 g/mol. The molecule has 1 fully saturated rings. The van der Waals surface area contributed by atoms with Crippen molar-refractivity contribution < 1.29 is 4.79 Å². The first-order valence-corrected chi connectivity index (χ1v) is 13.5. The van der Waals surface area contributed by atoms with Crippen LogP contribution in [0, 0.1) is 5.92 Å². The number of nitrogens with zero attached hydrogens (tertiary/aromatic N) is 5. The fourth-order valence-corrected chi connectivity index (χ4v) is 4.74. The van der Waals surface area contributed by atoms with Crippen molar-refractivity contribution in [2.45, 2.75) is 52.6 Å². The predicted molar refractivity (Wildman–Crippen MR) is 147 cm³/mol. The molecule has 0 aliphatic heterocycles. The molecule has 1 amide bonds. The van der Waals surface area contributed by atoms with Gasteiger partial charge >= 0.3 is 5.69 Å². The maximum Gasteiger partial charge on any atom is 0.331 e. The fourth-order valence-electron chi connectivity index (χ4n) is 4.51. The maximum absolute atomic E-state index is 13.3. The molecule has 4 aromatic heterocycles. The molecule has 0 saturated heterocycles. The molecule has 9 nitrogen and oxygen atoms in total. The van der Waals surface area contributed by atoms with Crippen molar-refractivity contribution >= 4 is 38.7 Å². The van der Waals surface area contributed by atoms with Gasteiger partial charge in [0.25, 0.3) is 11.5 Å². The van der Waals surface area contributed by atoms with Gasteiger partial charge in [-0.25, -0.2) is 14.8 Å². The summed E-state index contributed by atoms with van der Waals surface area (Å²) < 4.78 is 3.64. The molecule has 192 valence electrons. The molecule has 10 heteroatoms. The van der Waals surface area contributed by atoms with E-state index in [4.69, 9.17) is 0 Å². The quantitative estimate of drug-likeness (QED) is 0.299. The lowest BCUT2D eigenvalue weighted by atomic mass is 10.2. The number of fused-ring (bicyclic) bond motifs is 1. The van der Waals surface area contributed by atoms with Gasteiger partial charge in [0.05, 0.1) is 11.1 Å². The third-order valence-electron chi connectivity index (χ3n) is 6.60. The lowest BCUT2D eigenvalue weighted by molar-refractivity contribution is 0.0984. The van der Waals surface area contributed by atoms with E-state index in [1.165, 1.54) is 4.57 Å². The summed E-state index contributed by atoms with van der Waals surface area (Å²) in [7, 11) is 0. The summed E-state index contributed by atoms with van der Waals surface area (Å²) in [5, 5.41) is 0. The Labute approximate surface area is 222 Å². The van der Waals surface area contributed by atoms with Crippen LogP contribution in [0.3, 0.4) is 0 Å². The molecule has 1 aliphatic rings. The highest BCUT2D eigenvalue weighted by Gasteiger charge is 2.29. The van der Waals surface area contributed by atoms with Crippen LogP contribution in [0.2, 0.25) is 0 Å². The first-order chi connectivity index (χ1) is 17.9. The Hall–Kier alpha value is -3.53. The summed E-state index contributed by atoms with van der Waals surface area (Å²) in [6, 6.07) is 9.04. The third-order valence-corrected chi connectivity index (χ3v) is 7.06. The van der Waals surface area contributed by atoms with Gasteiger partial charge in [0, 0.05) is 43.3 Å². The Balaban J connectivity index is 1.51. The summed E-state index contributed by atoms with van der Waals surface area (Å²) in [4.78, 5) is 53.1. The first-order valence-electron chi connectivity index (χ1n) is 12.7. The number of amides is 1. The highest BCUT2D eigenvalue weighted by Crippen LogP contribution is 2.32. The molecule has 0 spiro atoms. The molecule has 4 aromatic rings. The largest absolute Gasteiger partial charge is 0.349 e. The topological polar surface area (TPSA) is 106 Å². The van der Waals surface area contributed by atoms with E-state index in [0.717, 1.165) is 24.8 Å². The van der Waals surface area contributed by atoms with Gasteiger partial charge in [-0.2, -0.15) is 0 Å². The van der Waals surface area contributed by atoms with Crippen LogP contribution in [0.1, 0.15) is 49.9 Å². The molecular formula is C27H29BrN6O3. The van der Waals surface area contributed by atoms with Gasteiger partial charge in [-0.05, 0) is 77.9 Å². The van der Waals surface area contributed by atoms with Crippen LogP contribution in [0.4, 0.5) is 5.82 Å². The molecule has 0 radical (unpaired) electrons. The van der Waals surface area contributed by atoms with E-state index in [0.29, 0.717) is 64.7 Å². The lowest BCUT2D eigenvalue weighted by Gasteiger charge is -2.22. The number of anilines is 1. The van der Waals surface area contributed by atoms with Gasteiger partial charge in [-0.3, -0.25) is 23.6 Å². The second-order valence-electron chi connectivity index (χ2n) is 9.47. The second-order valence-corrected chi connectivity index (χ2v) is 10.3. The average Bonchev–Trinajstić information content (AvgIpc) is 3.63. The molecule has 0 unspecified atom stereocenters. The number of aryl methyl sites for hydroxylation is 1. The van der Waals surface area contributed by atoms with Crippen LogP contribution in [0.5, 0.6) is 0 Å². The highest BCUT2D eigenvalue weighted by molar-refractivity contribution is 9.10. The zero-order valence-corrected chi connectivity index (χ0v) is 22.5. The van der Waals surface area contributed by atoms with Crippen LogP contribution < -0.4 is 16.1 Å². The van der Waals surface area contributed by atoms with E-state index >= 15 is 0 Å². The number of aromatic nitrogens is 5. The minimum atomic E-state index is -0.311. The van der Waals surface area contributed by atoms with Crippen LogP contribution >= 0.6 is 15.9 Å². The summed E-state index contributed by atoms with van der Waals surface area (Å²) >= 11 is 3.31. The van der Waals surface area contributed by atoms with Crippen LogP contribution in [0.15, 0.2) is 56.9 Å². The van der Waals surface area contributed by atoms with Crippen molar-refractivity contribution in [1.82, 2.24) is 24.1 Å². The van der Waals surface area contributed by atoms with Gasteiger partial charge in [0.15, 0.2) is 0 Å². The second kappa shape index (κ2) is 10.5. The van der Waals surface area contributed by atoms with Crippen molar-refractivity contribution in [3.05, 3.63) is 73.7 Å². The van der Waals surface area contributed by atoms with Crippen molar-refractivity contribution in [2.75, 3.05) is 11.4 Å². The molecular weight excluding hydrogens is 536 g/mol. The number of carbonyl (C=O) groups is 1. The highest BCUT2D eigenvalue weighted by atomic mass is 79.9. The van der Waals surface area contributed by atoms with Gasteiger partial charge in [-0.1, -0.05) is 13.8 Å². The van der Waals surface area contributed by atoms with Crippen molar-refractivity contribution in [1.29, 1.82) is 0 Å². The number of rotatable bonds is 9. The smallest absolute Gasteiger partial charge is 0.331 e. The number of halogens is 1. The van der Waals surface area contributed by atoms with Crippen molar-refractivity contribution in [3.63, 3.8) is 0 Å². The molecule has 1 N–H and O–H groups in total. The Morgan fingerprint density at radius 3 is 2.43 bits per heavy atom. The van der Waals surface area contributed by atoms with Crippen molar-refractivity contribution in [2.24, 2.45) is 5.92 Å². The lowest BCUT2D eigenvalue weighted by Crippen LogP contribution is -2.39. The van der Waals surface area contributed by atoms with Crippen LogP contribution in [0.25, 0.3) is 22.3 Å². The summed E-state index contributed by atoms with van der Waals surface area (Å²) in [6.45, 7) is 5.45. The Morgan fingerprint density at radius 2 is 1.81 bits per heavy atom. The SMILES string of the molecule is CCCn1c(=O)c2[nH]c(-c3ccc(N(CC4CC4)C(=O)c4ccc(Br)nc4)nc3)cc2n(CCC)c1=O. The first kappa shape index (κ1) is 25.1. The molecule has 1 saturated carbocycles. The van der Waals surface area contributed by atoms with Crippen LogP contribution in [-0.4, -0.2) is 36.5 Å².